The van der Waals surface area contributed by atoms with Crippen LogP contribution in [0.2, 0.25) is 0 Å². The van der Waals surface area contributed by atoms with E-state index in [1.807, 2.05) is 43.3 Å². The van der Waals surface area contributed by atoms with Crippen LogP contribution in [-0.4, -0.2) is 24.0 Å². The van der Waals surface area contributed by atoms with Gasteiger partial charge in [0, 0.05) is 13.1 Å². The molecule has 0 aliphatic heterocycles. The summed E-state index contributed by atoms with van der Waals surface area (Å²) in [5.74, 6) is 0.655. The third-order valence-corrected chi connectivity index (χ3v) is 3.82. The third-order valence-electron chi connectivity index (χ3n) is 3.82. The molecule has 1 atom stereocenters. The van der Waals surface area contributed by atoms with Gasteiger partial charge in [-0.05, 0) is 38.5 Å². The van der Waals surface area contributed by atoms with Crippen molar-refractivity contribution < 1.29 is 4.79 Å². The molecule has 2 aromatic rings. The molecule has 0 fully saturated rings. The lowest BCUT2D eigenvalue weighted by Crippen LogP contribution is -2.28. The van der Waals surface area contributed by atoms with Crippen LogP contribution in [0.3, 0.4) is 0 Å². The summed E-state index contributed by atoms with van der Waals surface area (Å²) in [6, 6.07) is 10.7. The zero-order valence-corrected chi connectivity index (χ0v) is 13.9. The van der Waals surface area contributed by atoms with E-state index in [0.717, 1.165) is 30.0 Å². The molecule has 5 heteroatoms. The van der Waals surface area contributed by atoms with Crippen molar-refractivity contribution in [2.24, 2.45) is 5.73 Å². The van der Waals surface area contributed by atoms with Crippen LogP contribution in [0.15, 0.2) is 42.6 Å². The number of carbonyl (C=O) groups is 1. The number of amides is 1. The molecule has 1 heterocycles. The van der Waals surface area contributed by atoms with Crippen molar-refractivity contribution in [2.45, 2.75) is 26.8 Å². The van der Waals surface area contributed by atoms with E-state index >= 15 is 0 Å². The molecular formula is C18H24N4O. The Balaban J connectivity index is 2.03. The lowest BCUT2D eigenvalue weighted by Gasteiger charge is -2.20. The molecule has 0 saturated heterocycles. The summed E-state index contributed by atoms with van der Waals surface area (Å²) in [7, 11) is 0. The molecule has 0 aliphatic carbocycles. The van der Waals surface area contributed by atoms with Gasteiger partial charge in [0.1, 0.15) is 11.9 Å². The minimum atomic E-state index is -0.696. The van der Waals surface area contributed by atoms with E-state index in [9.17, 15) is 4.79 Å². The first-order valence-corrected chi connectivity index (χ1v) is 7.89. The lowest BCUT2D eigenvalue weighted by molar-refractivity contribution is -0.117. The van der Waals surface area contributed by atoms with E-state index in [4.69, 9.17) is 5.73 Å². The molecular weight excluding hydrogens is 288 g/mol. The number of aryl methyl sites for hydroxylation is 1. The molecule has 1 aromatic heterocycles. The number of hydrogen-bond acceptors (Lipinski definition) is 4. The summed E-state index contributed by atoms with van der Waals surface area (Å²) in [6.07, 6.45) is 1.66. The maximum absolute atomic E-state index is 12.3. The molecule has 3 N–H and O–H groups in total. The summed E-state index contributed by atoms with van der Waals surface area (Å²) >= 11 is 0. The zero-order chi connectivity index (χ0) is 16.8. The maximum Gasteiger partial charge on any atom is 0.245 e. The number of pyridine rings is 1. The normalized spacial score (nSPS) is 11.8. The van der Waals surface area contributed by atoms with Gasteiger partial charge in [0.05, 0.1) is 11.9 Å². The van der Waals surface area contributed by atoms with Gasteiger partial charge >= 0.3 is 0 Å². The van der Waals surface area contributed by atoms with Gasteiger partial charge in [-0.15, -0.1) is 0 Å². The molecule has 23 heavy (non-hydrogen) atoms. The molecule has 0 bridgehead atoms. The molecule has 0 radical (unpaired) electrons. The number of nitrogens with two attached hydrogens (primary N) is 1. The molecule has 1 amide bonds. The van der Waals surface area contributed by atoms with Crippen molar-refractivity contribution in [3.8, 4) is 0 Å². The topological polar surface area (TPSA) is 71.2 Å². The highest BCUT2D eigenvalue weighted by molar-refractivity contribution is 5.95. The number of anilines is 2. The molecule has 0 saturated carbocycles. The minimum absolute atomic E-state index is 0.244. The molecule has 5 nitrogen and oxygen atoms in total. The van der Waals surface area contributed by atoms with Gasteiger partial charge in [-0.25, -0.2) is 4.98 Å². The van der Waals surface area contributed by atoms with E-state index in [1.54, 1.807) is 6.20 Å². The van der Waals surface area contributed by atoms with Gasteiger partial charge in [0.15, 0.2) is 0 Å². The fraction of sp³-hybridized carbons (Fsp3) is 0.333. The predicted octanol–water partition coefficient (Wildman–Crippen LogP) is 2.87. The van der Waals surface area contributed by atoms with Crippen LogP contribution in [0.4, 0.5) is 11.5 Å². The van der Waals surface area contributed by atoms with E-state index in [1.165, 1.54) is 0 Å². The van der Waals surface area contributed by atoms with Crippen molar-refractivity contribution in [3.63, 3.8) is 0 Å². The Morgan fingerprint density at radius 2 is 1.83 bits per heavy atom. The Morgan fingerprint density at radius 1 is 1.17 bits per heavy atom. The van der Waals surface area contributed by atoms with Crippen LogP contribution >= 0.6 is 0 Å². The van der Waals surface area contributed by atoms with Crippen LogP contribution in [0.25, 0.3) is 0 Å². The Bertz CT molecular complexity index is 633. The van der Waals surface area contributed by atoms with Crippen LogP contribution in [0.1, 0.15) is 31.0 Å². The summed E-state index contributed by atoms with van der Waals surface area (Å²) in [5, 5.41) is 2.81. The number of nitrogens with one attached hydrogen (secondary N) is 1. The first-order valence-electron chi connectivity index (χ1n) is 7.89. The molecule has 0 spiro atoms. The molecule has 1 unspecified atom stereocenters. The average molecular weight is 312 g/mol. The van der Waals surface area contributed by atoms with E-state index < -0.39 is 6.04 Å². The first-order chi connectivity index (χ1) is 11.0. The van der Waals surface area contributed by atoms with E-state index in [-0.39, 0.29) is 5.91 Å². The Hall–Kier alpha value is -2.40. The van der Waals surface area contributed by atoms with Crippen molar-refractivity contribution in [1.29, 1.82) is 0 Å². The summed E-state index contributed by atoms with van der Waals surface area (Å²) in [5.41, 5.74) is 8.59. The Morgan fingerprint density at radius 3 is 2.35 bits per heavy atom. The van der Waals surface area contributed by atoms with Gasteiger partial charge < -0.3 is 16.0 Å². The second kappa shape index (κ2) is 7.74. The Kier molecular flexibility index (Phi) is 5.71. The van der Waals surface area contributed by atoms with Crippen molar-refractivity contribution in [3.05, 3.63) is 53.7 Å². The predicted molar refractivity (Wildman–Crippen MR) is 94.5 cm³/mol. The van der Waals surface area contributed by atoms with Gasteiger partial charge in [-0.1, -0.05) is 29.8 Å². The fourth-order valence-corrected chi connectivity index (χ4v) is 2.34. The minimum Gasteiger partial charge on any atom is -0.357 e. The first kappa shape index (κ1) is 17.0. The number of hydrogen-bond donors (Lipinski definition) is 2. The number of rotatable bonds is 6. The van der Waals surface area contributed by atoms with Crippen LogP contribution < -0.4 is 16.0 Å². The van der Waals surface area contributed by atoms with Crippen LogP contribution in [0, 0.1) is 6.92 Å². The largest absolute Gasteiger partial charge is 0.357 e. The Labute approximate surface area is 137 Å². The molecule has 2 rings (SSSR count). The fourth-order valence-electron chi connectivity index (χ4n) is 2.34. The average Bonchev–Trinajstić information content (AvgIpc) is 2.57. The number of nitrogens with zero attached hydrogens (tertiary/aromatic N) is 2. The van der Waals surface area contributed by atoms with Gasteiger partial charge in [0.25, 0.3) is 0 Å². The van der Waals surface area contributed by atoms with E-state index in [2.05, 4.69) is 29.0 Å². The number of aromatic nitrogens is 1. The zero-order valence-electron chi connectivity index (χ0n) is 13.9. The molecule has 122 valence electrons. The number of carbonyl (C=O) groups excluding carboxylic acids is 1. The highest BCUT2D eigenvalue weighted by Gasteiger charge is 2.16. The number of benzene rings is 1. The molecule has 1 aromatic carbocycles. The highest BCUT2D eigenvalue weighted by Crippen LogP contribution is 2.17. The van der Waals surface area contributed by atoms with Gasteiger partial charge in [-0.3, -0.25) is 4.79 Å². The van der Waals surface area contributed by atoms with Crippen molar-refractivity contribution >= 4 is 17.4 Å². The standard InChI is InChI=1S/C18H24N4O/c1-4-22(5-2)16-11-10-15(12-20-16)21-18(23)17(19)14-8-6-13(3)7-9-14/h6-12,17H,4-5,19H2,1-3H3,(H,21,23). The SMILES string of the molecule is CCN(CC)c1ccc(NC(=O)C(N)c2ccc(C)cc2)cn1. The van der Waals surface area contributed by atoms with Gasteiger partial charge in [-0.2, -0.15) is 0 Å². The monoisotopic (exact) mass is 312 g/mol. The second-order valence-corrected chi connectivity index (χ2v) is 5.45. The lowest BCUT2D eigenvalue weighted by atomic mass is 10.1. The summed E-state index contributed by atoms with van der Waals surface area (Å²) in [6.45, 7) is 7.96. The van der Waals surface area contributed by atoms with Crippen LogP contribution in [-0.2, 0) is 4.79 Å². The summed E-state index contributed by atoms with van der Waals surface area (Å²) < 4.78 is 0. The molecule has 0 aliphatic rings. The smallest absolute Gasteiger partial charge is 0.245 e. The van der Waals surface area contributed by atoms with Gasteiger partial charge in [0.2, 0.25) is 5.91 Å². The van der Waals surface area contributed by atoms with Crippen molar-refractivity contribution in [1.82, 2.24) is 4.98 Å². The maximum atomic E-state index is 12.3. The highest BCUT2D eigenvalue weighted by atomic mass is 16.2. The van der Waals surface area contributed by atoms with Crippen molar-refractivity contribution in [2.75, 3.05) is 23.3 Å². The second-order valence-electron chi connectivity index (χ2n) is 5.45. The van der Waals surface area contributed by atoms with E-state index in [0.29, 0.717) is 5.69 Å². The third kappa shape index (κ3) is 4.29. The quantitative estimate of drug-likeness (QED) is 0.860. The summed E-state index contributed by atoms with van der Waals surface area (Å²) in [4.78, 5) is 18.8. The van der Waals surface area contributed by atoms with Crippen LogP contribution in [0.5, 0.6) is 0 Å².